The van der Waals surface area contributed by atoms with E-state index in [1.807, 2.05) is 0 Å². The van der Waals surface area contributed by atoms with Gasteiger partial charge in [-0.3, -0.25) is 4.99 Å². The van der Waals surface area contributed by atoms with Crippen LogP contribution in [0.15, 0.2) is 23.2 Å². The second-order valence-corrected chi connectivity index (χ2v) is 7.21. The third-order valence-corrected chi connectivity index (χ3v) is 5.34. The lowest BCUT2D eigenvalue weighted by atomic mass is 9.57. The lowest BCUT2D eigenvalue weighted by molar-refractivity contribution is -0.106. The predicted octanol–water partition coefficient (Wildman–Crippen LogP) is 3.52. The van der Waals surface area contributed by atoms with Crippen LogP contribution in [0.2, 0.25) is 0 Å². The minimum absolute atomic E-state index is 0. The molecule has 3 atom stereocenters. The summed E-state index contributed by atoms with van der Waals surface area (Å²) in [6.45, 7) is 1.99. The molecule has 1 aromatic rings. The minimum atomic E-state index is -3.01. The molecule has 3 rings (SSSR count). The van der Waals surface area contributed by atoms with Gasteiger partial charge in [0.25, 0.3) is 0 Å². The number of aliphatic imine (C=N–C) groups is 1. The summed E-state index contributed by atoms with van der Waals surface area (Å²) in [6.07, 6.45) is 1.22. The summed E-state index contributed by atoms with van der Waals surface area (Å²) in [5, 5.41) is 6.35. The number of nitrogens with one attached hydrogen (secondary N) is 2. The summed E-state index contributed by atoms with van der Waals surface area (Å²) in [6, 6.07) is 4.04. The molecule has 2 fully saturated rings. The van der Waals surface area contributed by atoms with Gasteiger partial charge in [-0.1, -0.05) is 19.9 Å². The number of benzene rings is 1. The lowest BCUT2D eigenvalue weighted by Crippen LogP contribution is -2.67. The highest BCUT2D eigenvalue weighted by Gasteiger charge is 2.59. The Morgan fingerprint density at radius 1 is 1.41 bits per heavy atom. The molecule has 0 radical (unpaired) electrons. The average molecular weight is 499 g/mol. The molecule has 1 saturated carbocycles. The molecule has 2 N–H and O–H groups in total. The van der Waals surface area contributed by atoms with Gasteiger partial charge < -0.3 is 20.1 Å². The number of alkyl halides is 2. The molecule has 0 amide bonds. The Bertz CT molecular complexity index is 688. The van der Waals surface area contributed by atoms with Crippen LogP contribution in [0.5, 0.6) is 5.75 Å². The Morgan fingerprint density at radius 2 is 2.15 bits per heavy atom. The summed E-state index contributed by atoms with van der Waals surface area (Å²) in [7, 11) is 1.61. The van der Waals surface area contributed by atoms with E-state index in [1.54, 1.807) is 7.05 Å². The second kappa shape index (κ2) is 8.85. The lowest BCUT2D eigenvalue weighted by Gasteiger charge is -2.54. The minimum Gasteiger partial charge on any atom is -0.434 e. The van der Waals surface area contributed by atoms with Gasteiger partial charge in [0.1, 0.15) is 11.6 Å². The SMILES string of the molecule is CN=C(NCc1c(F)cccc1OC(F)F)NC1C2CCOC2C1(C)C.I. The fourth-order valence-corrected chi connectivity index (χ4v) is 4.05. The van der Waals surface area contributed by atoms with E-state index in [0.717, 1.165) is 13.0 Å². The molecule has 1 aliphatic carbocycles. The van der Waals surface area contributed by atoms with E-state index in [0.29, 0.717) is 11.9 Å². The first-order chi connectivity index (χ1) is 12.3. The fourth-order valence-electron chi connectivity index (χ4n) is 4.05. The Morgan fingerprint density at radius 3 is 2.81 bits per heavy atom. The fraction of sp³-hybridized carbons (Fsp3) is 0.611. The van der Waals surface area contributed by atoms with E-state index in [9.17, 15) is 13.2 Å². The van der Waals surface area contributed by atoms with Crippen molar-refractivity contribution >= 4 is 29.9 Å². The zero-order valence-corrected chi connectivity index (χ0v) is 17.8. The van der Waals surface area contributed by atoms with Crippen molar-refractivity contribution in [3.63, 3.8) is 0 Å². The molecule has 1 aliphatic heterocycles. The van der Waals surface area contributed by atoms with Gasteiger partial charge in [0.05, 0.1) is 6.10 Å². The Labute approximate surface area is 174 Å². The van der Waals surface area contributed by atoms with E-state index in [1.165, 1.54) is 18.2 Å². The molecule has 3 unspecified atom stereocenters. The number of guanidine groups is 1. The molecule has 0 aromatic heterocycles. The van der Waals surface area contributed by atoms with E-state index >= 15 is 0 Å². The highest BCUT2D eigenvalue weighted by atomic mass is 127. The largest absolute Gasteiger partial charge is 0.434 e. The molecule has 152 valence electrons. The van der Waals surface area contributed by atoms with Crippen LogP contribution in [0.1, 0.15) is 25.8 Å². The van der Waals surface area contributed by atoms with Crippen molar-refractivity contribution in [2.75, 3.05) is 13.7 Å². The quantitative estimate of drug-likeness (QED) is 0.370. The molecule has 9 heteroatoms. The van der Waals surface area contributed by atoms with Gasteiger partial charge in [-0.15, -0.1) is 24.0 Å². The van der Waals surface area contributed by atoms with Crippen LogP contribution >= 0.6 is 24.0 Å². The third kappa shape index (κ3) is 4.44. The van der Waals surface area contributed by atoms with E-state index < -0.39 is 12.4 Å². The first-order valence-electron chi connectivity index (χ1n) is 8.65. The van der Waals surface area contributed by atoms with Crippen molar-refractivity contribution in [1.82, 2.24) is 10.6 Å². The van der Waals surface area contributed by atoms with Gasteiger partial charge in [-0.2, -0.15) is 8.78 Å². The van der Waals surface area contributed by atoms with Crippen molar-refractivity contribution in [2.24, 2.45) is 16.3 Å². The zero-order valence-electron chi connectivity index (χ0n) is 15.5. The summed E-state index contributed by atoms with van der Waals surface area (Å²) in [5.41, 5.74) is -0.00789. The first kappa shape index (κ1) is 22.1. The maximum absolute atomic E-state index is 14.1. The summed E-state index contributed by atoms with van der Waals surface area (Å²) >= 11 is 0. The van der Waals surface area contributed by atoms with Crippen LogP contribution in [-0.2, 0) is 11.3 Å². The van der Waals surface area contributed by atoms with Crippen LogP contribution in [0.4, 0.5) is 13.2 Å². The monoisotopic (exact) mass is 499 g/mol. The van der Waals surface area contributed by atoms with E-state index in [-0.39, 0.29) is 59.4 Å². The molecular formula is C18H25F3IN3O2. The smallest absolute Gasteiger partial charge is 0.387 e. The number of fused-ring (bicyclic) bond motifs is 1. The van der Waals surface area contributed by atoms with Gasteiger partial charge in [0.15, 0.2) is 5.96 Å². The molecule has 5 nitrogen and oxygen atoms in total. The molecule has 1 aromatic carbocycles. The van der Waals surface area contributed by atoms with Crippen LogP contribution in [-0.4, -0.2) is 38.4 Å². The van der Waals surface area contributed by atoms with E-state index in [4.69, 9.17) is 4.74 Å². The van der Waals surface area contributed by atoms with Gasteiger partial charge in [0, 0.05) is 43.1 Å². The van der Waals surface area contributed by atoms with Crippen molar-refractivity contribution < 1.29 is 22.6 Å². The second-order valence-electron chi connectivity index (χ2n) is 7.21. The van der Waals surface area contributed by atoms with Crippen LogP contribution in [0, 0.1) is 17.2 Å². The molecular weight excluding hydrogens is 474 g/mol. The average Bonchev–Trinajstić information content (AvgIpc) is 3.03. The normalized spacial score (nSPS) is 26.0. The molecule has 1 heterocycles. The van der Waals surface area contributed by atoms with Crippen LogP contribution < -0.4 is 15.4 Å². The van der Waals surface area contributed by atoms with Crippen molar-refractivity contribution in [1.29, 1.82) is 0 Å². The Hall–Kier alpha value is -1.23. The highest BCUT2D eigenvalue weighted by Crippen LogP contribution is 2.52. The van der Waals surface area contributed by atoms with Crippen molar-refractivity contribution in [3.8, 4) is 5.75 Å². The number of rotatable bonds is 5. The number of ether oxygens (including phenoxy) is 2. The number of hydrogen-bond donors (Lipinski definition) is 2. The topological polar surface area (TPSA) is 54.9 Å². The summed E-state index contributed by atoms with van der Waals surface area (Å²) in [5.74, 6) is 0.102. The first-order valence-corrected chi connectivity index (χ1v) is 8.65. The molecule has 27 heavy (non-hydrogen) atoms. The van der Waals surface area contributed by atoms with Gasteiger partial charge in [-0.05, 0) is 18.6 Å². The molecule has 1 saturated heterocycles. The third-order valence-electron chi connectivity index (χ3n) is 5.34. The van der Waals surface area contributed by atoms with Gasteiger partial charge in [0.2, 0.25) is 0 Å². The van der Waals surface area contributed by atoms with E-state index in [2.05, 4.69) is 34.2 Å². The van der Waals surface area contributed by atoms with Crippen molar-refractivity contribution in [3.05, 3.63) is 29.6 Å². The Kier molecular flexibility index (Phi) is 7.23. The zero-order chi connectivity index (χ0) is 18.9. The maximum Gasteiger partial charge on any atom is 0.387 e. The van der Waals surface area contributed by atoms with Crippen LogP contribution in [0.25, 0.3) is 0 Å². The molecule has 0 bridgehead atoms. The molecule has 2 aliphatic rings. The van der Waals surface area contributed by atoms with Gasteiger partial charge >= 0.3 is 6.61 Å². The predicted molar refractivity (Wildman–Crippen MR) is 107 cm³/mol. The highest BCUT2D eigenvalue weighted by molar-refractivity contribution is 14.0. The van der Waals surface area contributed by atoms with Crippen molar-refractivity contribution in [2.45, 2.75) is 45.6 Å². The van der Waals surface area contributed by atoms with Gasteiger partial charge in [-0.25, -0.2) is 4.39 Å². The summed E-state index contributed by atoms with van der Waals surface area (Å²) < 4.78 is 49.3. The number of hydrogen-bond acceptors (Lipinski definition) is 3. The van der Waals surface area contributed by atoms with Crippen LogP contribution in [0.3, 0.4) is 0 Å². The standard InChI is InChI=1S/C18H24F3N3O2.HI/c1-18(2)14(10-7-8-25-15(10)18)24-17(22-3)23-9-11-12(19)5-4-6-13(11)26-16(20)21;/h4-6,10,14-16H,7-9H2,1-3H3,(H2,22,23,24);1H. The summed E-state index contributed by atoms with van der Waals surface area (Å²) in [4.78, 5) is 4.17. The maximum atomic E-state index is 14.1. The Balaban J connectivity index is 0.00000261. The molecule has 0 spiro atoms. The number of nitrogens with zero attached hydrogens (tertiary/aromatic N) is 1. The number of halogens is 4.